The summed E-state index contributed by atoms with van der Waals surface area (Å²) in [6.45, 7) is 1.47. The zero-order valence-electron chi connectivity index (χ0n) is 16.9. The second-order valence-electron chi connectivity index (χ2n) is 7.74. The van der Waals surface area contributed by atoms with Crippen LogP contribution in [0.25, 0.3) is 11.1 Å². The molecule has 0 saturated heterocycles. The van der Waals surface area contributed by atoms with Gasteiger partial charge < -0.3 is 14.8 Å². The molecule has 0 bridgehead atoms. The van der Waals surface area contributed by atoms with E-state index in [0.717, 1.165) is 29.7 Å². The predicted molar refractivity (Wildman–Crippen MR) is 113 cm³/mol. The molecule has 3 aromatic heterocycles. The number of carbonyl (C=O) groups is 1. The number of pyridine rings is 1. The van der Waals surface area contributed by atoms with Crippen LogP contribution in [0, 0.1) is 5.92 Å². The number of hydrogen-bond acceptors (Lipinski definition) is 5. The van der Waals surface area contributed by atoms with Gasteiger partial charge in [0.05, 0.1) is 0 Å². The smallest absolute Gasteiger partial charge is 0.267 e. The lowest BCUT2D eigenvalue weighted by Crippen LogP contribution is -2.28. The molecule has 0 spiro atoms. The van der Waals surface area contributed by atoms with E-state index in [2.05, 4.69) is 24.8 Å². The first-order valence-electron chi connectivity index (χ1n) is 9.97. The topological polar surface area (TPSA) is 75.9 Å². The zero-order chi connectivity index (χ0) is 20.2. The molecule has 1 aliphatic carbocycles. The summed E-state index contributed by atoms with van der Waals surface area (Å²) < 4.78 is 2.08. The Morgan fingerprint density at radius 3 is 2.55 bits per heavy atom. The average molecular weight is 390 g/mol. The van der Waals surface area contributed by atoms with Gasteiger partial charge in [0.1, 0.15) is 5.69 Å². The van der Waals surface area contributed by atoms with Gasteiger partial charge in [0.15, 0.2) is 0 Å². The van der Waals surface area contributed by atoms with Crippen molar-refractivity contribution in [2.24, 2.45) is 5.92 Å². The largest absolute Gasteiger partial charge is 0.350 e. The van der Waals surface area contributed by atoms with Crippen LogP contribution in [0.2, 0.25) is 0 Å². The summed E-state index contributed by atoms with van der Waals surface area (Å²) in [6, 6.07) is 5.88. The monoisotopic (exact) mass is 390 g/mol. The molecule has 1 N–H and O–H groups in total. The standard InChI is InChI=1S/C22H26N6O/c1-27(2)22-25-12-19(13-26-22)18-11-20(28(15-18)14-17-3-4-17)21(29)24-10-7-16-5-8-23-9-6-16/h5-6,8-9,11-13,15,17H,3-4,7,10,14H2,1-2H3,(H,24,29). The second kappa shape index (κ2) is 8.43. The number of nitrogens with one attached hydrogen (secondary N) is 1. The van der Waals surface area contributed by atoms with Crippen molar-refractivity contribution in [2.75, 3.05) is 25.5 Å². The lowest BCUT2D eigenvalue weighted by atomic mass is 10.2. The van der Waals surface area contributed by atoms with Crippen molar-refractivity contribution in [1.82, 2.24) is 24.8 Å². The lowest BCUT2D eigenvalue weighted by Gasteiger charge is -2.09. The van der Waals surface area contributed by atoms with E-state index in [-0.39, 0.29) is 5.91 Å². The fraction of sp³-hybridized carbons (Fsp3) is 0.364. The van der Waals surface area contributed by atoms with Crippen molar-refractivity contribution in [3.8, 4) is 11.1 Å². The van der Waals surface area contributed by atoms with E-state index in [1.807, 2.05) is 55.8 Å². The molecule has 7 nitrogen and oxygen atoms in total. The fourth-order valence-electron chi connectivity index (χ4n) is 3.25. The third-order valence-corrected chi connectivity index (χ3v) is 5.10. The molecule has 1 fully saturated rings. The Morgan fingerprint density at radius 2 is 1.90 bits per heavy atom. The molecular formula is C22H26N6O. The molecule has 0 unspecified atom stereocenters. The van der Waals surface area contributed by atoms with E-state index in [1.165, 1.54) is 12.8 Å². The molecule has 1 saturated carbocycles. The van der Waals surface area contributed by atoms with Crippen LogP contribution in [-0.4, -0.2) is 46.1 Å². The molecule has 150 valence electrons. The average Bonchev–Trinajstić information content (AvgIpc) is 3.45. The van der Waals surface area contributed by atoms with E-state index >= 15 is 0 Å². The molecule has 0 aliphatic heterocycles. The van der Waals surface area contributed by atoms with Crippen molar-refractivity contribution in [3.05, 3.63) is 60.4 Å². The number of aromatic nitrogens is 4. The number of amides is 1. The highest BCUT2D eigenvalue weighted by Crippen LogP contribution is 2.32. The molecule has 4 rings (SSSR count). The van der Waals surface area contributed by atoms with Crippen LogP contribution >= 0.6 is 0 Å². The van der Waals surface area contributed by atoms with Gasteiger partial charge in [0.25, 0.3) is 5.91 Å². The molecular weight excluding hydrogens is 364 g/mol. The minimum absolute atomic E-state index is 0.0446. The minimum atomic E-state index is -0.0446. The first-order chi connectivity index (χ1) is 14.1. The van der Waals surface area contributed by atoms with Crippen LogP contribution in [0.3, 0.4) is 0 Å². The highest BCUT2D eigenvalue weighted by atomic mass is 16.1. The third kappa shape index (κ3) is 4.80. The van der Waals surface area contributed by atoms with Gasteiger partial charge >= 0.3 is 0 Å². The van der Waals surface area contributed by atoms with Gasteiger partial charge in [-0.3, -0.25) is 9.78 Å². The van der Waals surface area contributed by atoms with Crippen LogP contribution in [0.15, 0.2) is 49.2 Å². The summed E-state index contributed by atoms with van der Waals surface area (Å²) in [4.78, 5) is 27.5. The Kier molecular flexibility index (Phi) is 5.55. The normalized spacial score (nSPS) is 13.3. The lowest BCUT2D eigenvalue weighted by molar-refractivity contribution is 0.0944. The van der Waals surface area contributed by atoms with Gasteiger partial charge in [-0.05, 0) is 48.9 Å². The van der Waals surface area contributed by atoms with Crippen LogP contribution in [-0.2, 0) is 13.0 Å². The summed E-state index contributed by atoms with van der Waals surface area (Å²) >= 11 is 0. The molecule has 1 aliphatic rings. The van der Waals surface area contributed by atoms with Crippen LogP contribution in [0.4, 0.5) is 5.95 Å². The fourth-order valence-corrected chi connectivity index (χ4v) is 3.25. The molecule has 1 amide bonds. The Hall–Kier alpha value is -3.22. The first-order valence-corrected chi connectivity index (χ1v) is 9.97. The summed E-state index contributed by atoms with van der Waals surface area (Å²) in [5, 5.41) is 3.05. The Morgan fingerprint density at radius 1 is 1.17 bits per heavy atom. The highest BCUT2D eigenvalue weighted by molar-refractivity contribution is 5.94. The molecule has 0 aromatic carbocycles. The number of nitrogens with zero attached hydrogens (tertiary/aromatic N) is 5. The maximum atomic E-state index is 12.9. The van der Waals surface area contributed by atoms with E-state index < -0.39 is 0 Å². The Labute approximate surface area is 170 Å². The van der Waals surface area contributed by atoms with Crippen LogP contribution < -0.4 is 10.2 Å². The van der Waals surface area contributed by atoms with Gasteiger partial charge in [-0.25, -0.2) is 9.97 Å². The molecule has 7 heteroatoms. The summed E-state index contributed by atoms with van der Waals surface area (Å²) in [6.07, 6.45) is 12.5. The summed E-state index contributed by atoms with van der Waals surface area (Å²) in [5.41, 5.74) is 3.73. The van der Waals surface area contributed by atoms with Gasteiger partial charge in [0, 0.05) is 69.3 Å². The van der Waals surface area contributed by atoms with Crippen molar-refractivity contribution in [2.45, 2.75) is 25.8 Å². The Bertz CT molecular complexity index is 961. The summed E-state index contributed by atoms with van der Waals surface area (Å²) in [7, 11) is 3.82. The number of rotatable bonds is 8. The Balaban J connectivity index is 1.49. The van der Waals surface area contributed by atoms with Crippen molar-refractivity contribution < 1.29 is 4.79 Å². The van der Waals surface area contributed by atoms with E-state index in [1.54, 1.807) is 12.4 Å². The van der Waals surface area contributed by atoms with Gasteiger partial charge in [-0.2, -0.15) is 0 Å². The van der Waals surface area contributed by atoms with Gasteiger partial charge in [0.2, 0.25) is 5.95 Å². The van der Waals surface area contributed by atoms with Crippen molar-refractivity contribution in [3.63, 3.8) is 0 Å². The van der Waals surface area contributed by atoms with Crippen molar-refractivity contribution in [1.29, 1.82) is 0 Å². The molecule has 3 heterocycles. The zero-order valence-corrected chi connectivity index (χ0v) is 16.9. The molecule has 29 heavy (non-hydrogen) atoms. The molecule has 0 atom stereocenters. The quantitative estimate of drug-likeness (QED) is 0.640. The maximum Gasteiger partial charge on any atom is 0.267 e. The first kappa shape index (κ1) is 19.1. The number of anilines is 1. The highest BCUT2D eigenvalue weighted by Gasteiger charge is 2.24. The second-order valence-corrected chi connectivity index (χ2v) is 7.74. The molecule has 3 aromatic rings. The molecule has 0 radical (unpaired) electrons. The number of hydrogen-bond donors (Lipinski definition) is 1. The van der Waals surface area contributed by atoms with Crippen LogP contribution in [0.1, 0.15) is 28.9 Å². The van der Waals surface area contributed by atoms with E-state index in [4.69, 9.17) is 0 Å². The van der Waals surface area contributed by atoms with Gasteiger partial charge in [-0.15, -0.1) is 0 Å². The summed E-state index contributed by atoms with van der Waals surface area (Å²) in [5.74, 6) is 1.29. The third-order valence-electron chi connectivity index (χ3n) is 5.10. The maximum absolute atomic E-state index is 12.9. The van der Waals surface area contributed by atoms with Gasteiger partial charge in [-0.1, -0.05) is 0 Å². The van der Waals surface area contributed by atoms with Crippen molar-refractivity contribution >= 4 is 11.9 Å². The minimum Gasteiger partial charge on any atom is -0.350 e. The van der Waals surface area contributed by atoms with E-state index in [0.29, 0.717) is 24.1 Å². The van der Waals surface area contributed by atoms with Crippen LogP contribution in [0.5, 0.6) is 0 Å². The predicted octanol–water partition coefficient (Wildman–Crippen LogP) is 2.79. The van der Waals surface area contributed by atoms with E-state index in [9.17, 15) is 4.79 Å². The SMILES string of the molecule is CN(C)c1ncc(-c2cc(C(=O)NCCc3ccncc3)n(CC3CC3)c2)cn1. The number of carbonyl (C=O) groups excluding carboxylic acids is 1.